The van der Waals surface area contributed by atoms with Crippen LogP contribution in [-0.2, 0) is 52.6 Å². The number of thiazole rings is 1. The van der Waals surface area contributed by atoms with Gasteiger partial charge in [0, 0.05) is 47.3 Å². The number of carbonyl (C=O) groups is 8. The van der Waals surface area contributed by atoms with Gasteiger partial charge in [-0.25, -0.2) is 4.98 Å². The van der Waals surface area contributed by atoms with Crippen LogP contribution < -0.4 is 36.6 Å². The fourth-order valence-electron chi connectivity index (χ4n) is 11.3. The van der Waals surface area contributed by atoms with E-state index in [4.69, 9.17) is 22.1 Å². The van der Waals surface area contributed by atoms with Crippen molar-refractivity contribution in [3.05, 3.63) is 135 Å². The van der Waals surface area contributed by atoms with Gasteiger partial charge in [-0.05, 0) is 122 Å². The van der Waals surface area contributed by atoms with E-state index < -0.39 is 90.3 Å². The van der Waals surface area contributed by atoms with Crippen LogP contribution in [0.3, 0.4) is 0 Å². The molecule has 3 aliphatic heterocycles. The number of primary amides is 1. The Labute approximate surface area is 505 Å². The number of nitrogens with zero attached hydrogens (tertiary/aromatic N) is 3. The first-order valence-electron chi connectivity index (χ1n) is 28.3. The number of carbonyl (C=O) groups excluding carboxylic acids is 8. The minimum Gasteiger partial charge on any atom is -0.491 e. The van der Waals surface area contributed by atoms with Gasteiger partial charge < -0.3 is 56.5 Å². The molecule has 0 radical (unpaired) electrons. The SMILES string of the molecule is Cc1ncsc1-c1ccc([C@H](C)NC(=O)[C@@H]2C[C@@H](O)CN2C(=O)[C@@H](NC(=O)CCCCCc2cc(OC[C@@H](NC(=O)[C@@H]3Cc4cccc5c4N3C(=O)[C@@H](NC(=O)c3cc4cc(C(=O)P(=O)(O)O)ccc4[nH]3)CC5)C(N)=O)ccc2Cl)C(C)(C)C)cc1. The molecule has 25 heteroatoms. The van der Waals surface area contributed by atoms with E-state index in [-0.39, 0.29) is 62.0 Å². The second kappa shape index (κ2) is 26.0. The highest BCUT2D eigenvalue weighted by molar-refractivity contribution is 7.70. The average molecular weight is 1230 g/mol. The molecule has 22 nitrogen and oxygen atoms in total. The van der Waals surface area contributed by atoms with Crippen LogP contribution in [0.15, 0.2) is 90.4 Å². The molecule has 0 aliphatic carbocycles. The normalized spacial score (nSPS) is 18.6. The van der Waals surface area contributed by atoms with E-state index in [9.17, 15) is 57.8 Å². The predicted molar refractivity (Wildman–Crippen MR) is 322 cm³/mol. The monoisotopic (exact) mass is 1230 g/mol. The first-order valence-corrected chi connectivity index (χ1v) is 31.2. The number of aliphatic hydroxyl groups is 1. The summed E-state index contributed by atoms with van der Waals surface area (Å²) in [5.74, 6) is -3.70. The van der Waals surface area contributed by atoms with Gasteiger partial charge in [0.05, 0.1) is 33.9 Å². The Morgan fingerprint density at radius 3 is 2.35 bits per heavy atom. The molecule has 1 fully saturated rings. The number of nitrogens with two attached hydrogens (primary N) is 1. The molecule has 454 valence electrons. The van der Waals surface area contributed by atoms with Crippen molar-refractivity contribution in [3.63, 3.8) is 0 Å². The number of anilines is 1. The number of hydrogen-bond donors (Lipinski definition) is 9. The third-order valence-corrected chi connectivity index (χ3v) is 18.0. The zero-order chi connectivity index (χ0) is 61.9. The number of aliphatic hydroxyl groups excluding tert-OH is 1. The van der Waals surface area contributed by atoms with Crippen LogP contribution in [0.4, 0.5) is 5.69 Å². The highest BCUT2D eigenvalue weighted by Crippen LogP contribution is 2.41. The Morgan fingerprint density at radius 1 is 0.919 bits per heavy atom. The number of fused-ring (bicyclic) bond motifs is 1. The van der Waals surface area contributed by atoms with Gasteiger partial charge >= 0.3 is 7.60 Å². The summed E-state index contributed by atoms with van der Waals surface area (Å²) in [6, 6.07) is 17.6. The highest BCUT2D eigenvalue weighted by Gasteiger charge is 2.46. The van der Waals surface area contributed by atoms with Crippen LogP contribution in [0.5, 0.6) is 5.75 Å². The molecule has 9 rings (SSSR count). The van der Waals surface area contributed by atoms with Gasteiger partial charge in [0.1, 0.15) is 48.3 Å². The molecule has 0 spiro atoms. The first kappa shape index (κ1) is 62.7. The second-order valence-electron chi connectivity index (χ2n) is 23.2. The lowest BCUT2D eigenvalue weighted by molar-refractivity contribution is -0.144. The topological polar surface area (TPSA) is 333 Å². The van der Waals surface area contributed by atoms with Crippen molar-refractivity contribution < 1.29 is 62.6 Å². The molecule has 7 amide bonds. The maximum Gasteiger partial charge on any atom is 0.396 e. The lowest BCUT2D eigenvalue weighted by Gasteiger charge is -2.35. The van der Waals surface area contributed by atoms with Gasteiger partial charge in [-0.2, -0.15) is 0 Å². The summed E-state index contributed by atoms with van der Waals surface area (Å²) in [6.45, 7) is 8.87. The van der Waals surface area contributed by atoms with Crippen LogP contribution >= 0.6 is 30.5 Å². The number of rotatable bonds is 22. The molecule has 2 aromatic heterocycles. The third kappa shape index (κ3) is 14.2. The number of aryl methyl sites for hydroxylation is 3. The van der Waals surface area contributed by atoms with Crippen LogP contribution in [0.1, 0.15) is 121 Å². The quantitative estimate of drug-likeness (QED) is 0.0274. The Hall–Kier alpha value is -7.79. The Balaban J connectivity index is 0.755. The molecule has 86 heavy (non-hydrogen) atoms. The van der Waals surface area contributed by atoms with Crippen LogP contribution in [0.25, 0.3) is 21.3 Å². The Morgan fingerprint density at radius 2 is 1.65 bits per heavy atom. The minimum atomic E-state index is -5.06. The number of hydrogen-bond acceptors (Lipinski definition) is 13. The maximum atomic E-state index is 14.5. The van der Waals surface area contributed by atoms with Gasteiger partial charge in [0.15, 0.2) is 0 Å². The highest BCUT2D eigenvalue weighted by atomic mass is 35.5. The summed E-state index contributed by atoms with van der Waals surface area (Å²) < 4.78 is 17.6. The van der Waals surface area contributed by atoms with Crippen molar-refractivity contribution in [2.24, 2.45) is 11.1 Å². The Bertz CT molecular complexity index is 3670. The average Bonchev–Trinajstić information content (AvgIpc) is 1.73. The molecule has 0 unspecified atom stereocenters. The summed E-state index contributed by atoms with van der Waals surface area (Å²) in [6.07, 6.45) is 2.12. The number of benzene rings is 4. The number of ether oxygens (including phenoxy) is 1. The lowest BCUT2D eigenvalue weighted by Crippen LogP contribution is -2.57. The van der Waals surface area contributed by atoms with Crippen LogP contribution in [0.2, 0.25) is 5.02 Å². The Kier molecular flexibility index (Phi) is 19.0. The van der Waals surface area contributed by atoms with Crippen molar-refractivity contribution in [3.8, 4) is 16.2 Å². The number of H-pyrrole nitrogens is 1. The van der Waals surface area contributed by atoms with Crippen molar-refractivity contribution in [1.29, 1.82) is 0 Å². The molecule has 5 heterocycles. The van der Waals surface area contributed by atoms with Crippen molar-refractivity contribution in [2.45, 2.75) is 135 Å². The maximum absolute atomic E-state index is 14.5. The summed E-state index contributed by atoms with van der Waals surface area (Å²) in [7, 11) is -5.06. The number of halogens is 1. The molecule has 7 atom stereocenters. The number of aromatic nitrogens is 2. The van der Waals surface area contributed by atoms with E-state index in [1.165, 1.54) is 34.1 Å². The molecule has 0 bridgehead atoms. The molecule has 3 aliphatic rings. The molecule has 1 saturated heterocycles. The number of aromatic amines is 1. The van der Waals surface area contributed by atoms with Gasteiger partial charge in [0.2, 0.25) is 35.4 Å². The fourth-order valence-corrected chi connectivity index (χ4v) is 12.8. The summed E-state index contributed by atoms with van der Waals surface area (Å²) in [5.41, 5.74) is 11.2. The number of para-hydroxylation sites is 1. The number of nitrogens with one attached hydrogen (secondary N) is 5. The number of β-amino-alcohol motifs (C(OH)–C–C–N with tert-alkyl or cyclic N) is 1. The van der Waals surface area contributed by atoms with Gasteiger partial charge in [-0.3, -0.25) is 47.8 Å². The van der Waals surface area contributed by atoms with E-state index in [1.54, 1.807) is 41.1 Å². The summed E-state index contributed by atoms with van der Waals surface area (Å²) >= 11 is 8.17. The first-order chi connectivity index (χ1) is 40.7. The standard InChI is InChI=1S/C61H69ClN9O13PS/c1-32(34-14-16-36(17-15-34)52-33(2)64-31-86-52)65-56(76)48-28-41(72)29-70(48)59(79)53(61(3,4)5)69-50(73)13-8-6-7-10-37-25-42(20-21-43(37)62)84-30-47(54(63)74)68-57(77)49-27-38-12-9-11-35-18-23-45(58(78)71(49)51(35)38)67-55(75)46-26-40-24-39(19-22-44(40)66-46)60(80)85(81,82)83/h9,11-12,14-17,19-22,24-26,31-32,41,45,47-49,53,66,72H,6-8,10,13,18,23,27-30H2,1-5H3,(H2,63,74)(H,65,76)(H,67,75)(H,68,77)(H,69,73)(H2,81,82,83)/t32-,41+,45-,47+,48-,49-,53+/m0/s1. The summed E-state index contributed by atoms with van der Waals surface area (Å²) in [5, 5.41) is 22.9. The van der Waals surface area contributed by atoms with Crippen molar-refractivity contribution in [2.75, 3.05) is 18.1 Å². The zero-order valence-corrected chi connectivity index (χ0v) is 50.5. The minimum absolute atomic E-state index is 0.0104. The van der Waals surface area contributed by atoms with Gasteiger partial charge in [0.25, 0.3) is 11.4 Å². The predicted octanol–water partition coefficient (Wildman–Crippen LogP) is 6.10. The van der Waals surface area contributed by atoms with E-state index >= 15 is 0 Å². The number of unbranched alkanes of at least 4 members (excludes halogenated alkanes) is 2. The molecular weight excluding hydrogens is 1170 g/mol. The molecule has 10 N–H and O–H groups in total. The van der Waals surface area contributed by atoms with E-state index in [1.807, 2.05) is 71.0 Å². The van der Waals surface area contributed by atoms with Gasteiger partial charge in [-0.1, -0.05) is 81.3 Å². The van der Waals surface area contributed by atoms with Crippen LogP contribution in [-0.4, -0.2) is 126 Å². The molecule has 4 aromatic carbocycles. The third-order valence-electron chi connectivity index (χ3n) is 15.9. The molecule has 0 saturated carbocycles. The number of amides is 7. The largest absolute Gasteiger partial charge is 0.491 e. The van der Waals surface area contributed by atoms with E-state index in [0.717, 1.165) is 32.8 Å². The van der Waals surface area contributed by atoms with Gasteiger partial charge in [-0.15, -0.1) is 11.3 Å². The second-order valence-corrected chi connectivity index (χ2v) is 26.0. The molecular formula is C61H69ClN9O13PS. The summed E-state index contributed by atoms with van der Waals surface area (Å²) in [4.78, 5) is 139. The van der Waals surface area contributed by atoms with E-state index in [0.29, 0.717) is 65.0 Å². The smallest absolute Gasteiger partial charge is 0.396 e. The number of likely N-dealkylation sites (tertiary alicyclic amines) is 1. The molecule has 6 aromatic rings. The van der Waals surface area contributed by atoms with Crippen LogP contribution in [0, 0.1) is 12.3 Å². The fraction of sp³-hybridized carbons (Fsp3) is 0.393. The lowest BCUT2D eigenvalue weighted by atomic mass is 9.85. The zero-order valence-electron chi connectivity index (χ0n) is 48.1. The van der Waals surface area contributed by atoms with Crippen molar-refractivity contribution in [1.82, 2.24) is 36.1 Å². The van der Waals surface area contributed by atoms with Crippen molar-refractivity contribution >= 4 is 94.0 Å². The van der Waals surface area contributed by atoms with E-state index in [2.05, 4.69) is 31.2 Å².